The summed E-state index contributed by atoms with van der Waals surface area (Å²) in [5, 5.41) is 3.04. The monoisotopic (exact) mass is 343 g/mol. The van der Waals surface area contributed by atoms with Crippen molar-refractivity contribution < 1.29 is 13.9 Å². The van der Waals surface area contributed by atoms with Gasteiger partial charge in [-0.15, -0.1) is 0 Å². The molecule has 2 atom stereocenters. The van der Waals surface area contributed by atoms with Gasteiger partial charge in [0.1, 0.15) is 17.7 Å². The van der Waals surface area contributed by atoms with E-state index in [0.717, 1.165) is 25.7 Å². The zero-order valence-electron chi connectivity index (χ0n) is 14.0. The van der Waals surface area contributed by atoms with Gasteiger partial charge in [0.2, 0.25) is 5.91 Å². The van der Waals surface area contributed by atoms with Crippen LogP contribution >= 0.6 is 0 Å². The number of carbonyl (C=O) groups excluding carboxylic acids is 1. The molecule has 1 aromatic heterocycles. The number of hydrogen-bond acceptors (Lipinski definition) is 3. The fourth-order valence-corrected chi connectivity index (χ4v) is 3.03. The van der Waals surface area contributed by atoms with Crippen LogP contribution in [0.3, 0.4) is 0 Å². The Kier molecular flexibility index (Phi) is 5.48. The van der Waals surface area contributed by atoms with Gasteiger partial charge in [-0.3, -0.25) is 4.79 Å². The molecule has 0 unspecified atom stereocenters. The molecule has 1 N–H and O–H groups in total. The number of aromatic nitrogens is 2. The van der Waals surface area contributed by atoms with Crippen LogP contribution in [0.2, 0.25) is 0 Å². The topological polar surface area (TPSA) is 56.2 Å². The Balaban J connectivity index is 1.59. The molecule has 1 heterocycles. The molecule has 0 bridgehead atoms. The Labute approximate surface area is 146 Å². The van der Waals surface area contributed by atoms with Crippen molar-refractivity contribution in [1.82, 2.24) is 14.9 Å². The number of amides is 1. The van der Waals surface area contributed by atoms with E-state index in [9.17, 15) is 9.18 Å². The van der Waals surface area contributed by atoms with E-state index in [1.54, 1.807) is 35.4 Å². The zero-order valence-corrected chi connectivity index (χ0v) is 14.0. The molecule has 132 valence electrons. The van der Waals surface area contributed by atoms with Gasteiger partial charge in [0.25, 0.3) is 0 Å². The Morgan fingerprint density at radius 1 is 1.32 bits per heavy atom. The minimum absolute atomic E-state index is 0.0779. The molecule has 2 aromatic rings. The van der Waals surface area contributed by atoms with Crippen LogP contribution in [0.4, 0.5) is 4.39 Å². The summed E-state index contributed by atoms with van der Waals surface area (Å²) in [5.74, 6) is 0.148. The number of hydrogen-bond donors (Lipinski definition) is 1. The average Bonchev–Trinajstić information content (AvgIpc) is 3.11. The maximum Gasteiger partial charge on any atom is 0.248 e. The molecule has 0 aliphatic heterocycles. The van der Waals surface area contributed by atoms with E-state index in [-0.39, 0.29) is 23.9 Å². The zero-order chi connectivity index (χ0) is 17.6. The predicted molar refractivity (Wildman–Crippen MR) is 92.6 cm³/mol. The lowest BCUT2D eigenvalue weighted by atomic mass is 9.92. The molecule has 5 nitrogen and oxygen atoms in total. The lowest BCUT2D eigenvalue weighted by Gasteiger charge is -2.32. The summed E-state index contributed by atoms with van der Waals surface area (Å²) in [7, 11) is 0. The van der Waals surface area contributed by atoms with Crippen LogP contribution in [-0.2, 0) is 11.3 Å². The Bertz CT molecular complexity index is 713. The quantitative estimate of drug-likeness (QED) is 0.820. The van der Waals surface area contributed by atoms with Crippen LogP contribution in [0.1, 0.15) is 25.7 Å². The Morgan fingerprint density at radius 3 is 2.80 bits per heavy atom. The van der Waals surface area contributed by atoms with Crippen LogP contribution in [0.15, 0.2) is 55.1 Å². The molecule has 1 aliphatic rings. The maximum absolute atomic E-state index is 13.0. The summed E-state index contributed by atoms with van der Waals surface area (Å²) in [6, 6.07) is 5.89. The van der Waals surface area contributed by atoms with Crippen molar-refractivity contribution in [3.8, 4) is 5.75 Å². The van der Waals surface area contributed by atoms with Gasteiger partial charge in [0.05, 0.1) is 18.9 Å². The molecule has 6 heteroatoms. The first-order chi connectivity index (χ1) is 12.1. The number of nitrogens with one attached hydrogen (secondary N) is 1. The standard InChI is InChI=1S/C19H22FN3O2/c1-14(12-23-11-10-21-13-23)19(24)22-17-4-2-3-5-18(17)25-16-8-6-15(20)7-9-16/h6-11,13,17-18H,1-5,12H2,(H,22,24)/t17-,18+/m0/s1. The lowest BCUT2D eigenvalue weighted by molar-refractivity contribution is -0.119. The van der Waals surface area contributed by atoms with E-state index < -0.39 is 0 Å². The minimum atomic E-state index is -0.295. The van der Waals surface area contributed by atoms with Crippen molar-refractivity contribution in [2.75, 3.05) is 0 Å². The molecule has 0 saturated heterocycles. The molecule has 1 amide bonds. The normalized spacial score (nSPS) is 20.0. The van der Waals surface area contributed by atoms with E-state index in [4.69, 9.17) is 4.74 Å². The predicted octanol–water partition coefficient (Wildman–Crippen LogP) is 3.08. The molecule has 0 spiro atoms. The van der Waals surface area contributed by atoms with Crippen LogP contribution < -0.4 is 10.1 Å². The van der Waals surface area contributed by atoms with Crippen molar-refractivity contribution >= 4 is 5.91 Å². The van der Waals surface area contributed by atoms with Crippen LogP contribution in [-0.4, -0.2) is 27.6 Å². The van der Waals surface area contributed by atoms with Crippen molar-refractivity contribution in [2.24, 2.45) is 0 Å². The number of carbonyl (C=O) groups is 1. The van der Waals surface area contributed by atoms with Crippen molar-refractivity contribution in [3.63, 3.8) is 0 Å². The van der Waals surface area contributed by atoms with E-state index >= 15 is 0 Å². The number of nitrogens with zero attached hydrogens (tertiary/aromatic N) is 2. The second-order valence-corrected chi connectivity index (χ2v) is 6.31. The van der Waals surface area contributed by atoms with Crippen molar-refractivity contribution in [3.05, 3.63) is 61.0 Å². The molecule has 1 aliphatic carbocycles. The highest BCUT2D eigenvalue weighted by Gasteiger charge is 2.28. The van der Waals surface area contributed by atoms with Gasteiger partial charge in [-0.25, -0.2) is 9.37 Å². The first-order valence-corrected chi connectivity index (χ1v) is 8.48. The van der Waals surface area contributed by atoms with Gasteiger partial charge in [-0.05, 0) is 43.5 Å². The smallest absolute Gasteiger partial charge is 0.248 e. The molecule has 25 heavy (non-hydrogen) atoms. The second-order valence-electron chi connectivity index (χ2n) is 6.31. The first-order valence-electron chi connectivity index (χ1n) is 8.48. The van der Waals surface area contributed by atoms with Gasteiger partial charge in [0, 0.05) is 18.0 Å². The number of ether oxygens (including phenoxy) is 1. The number of benzene rings is 1. The third kappa shape index (κ3) is 4.68. The van der Waals surface area contributed by atoms with Crippen molar-refractivity contribution in [1.29, 1.82) is 0 Å². The van der Waals surface area contributed by atoms with Gasteiger partial charge in [-0.2, -0.15) is 0 Å². The maximum atomic E-state index is 13.0. The SMILES string of the molecule is C=C(Cn1ccnc1)C(=O)N[C@H]1CCCC[C@H]1Oc1ccc(F)cc1. The molecular weight excluding hydrogens is 321 g/mol. The third-order valence-electron chi connectivity index (χ3n) is 4.37. The molecule has 0 radical (unpaired) electrons. The van der Waals surface area contributed by atoms with Gasteiger partial charge in [0.15, 0.2) is 0 Å². The number of rotatable bonds is 6. The molecular formula is C19H22FN3O2. The molecule has 1 aromatic carbocycles. The third-order valence-corrected chi connectivity index (χ3v) is 4.37. The highest BCUT2D eigenvalue weighted by molar-refractivity contribution is 5.92. The van der Waals surface area contributed by atoms with Crippen LogP contribution in [0.5, 0.6) is 5.75 Å². The van der Waals surface area contributed by atoms with Gasteiger partial charge in [-0.1, -0.05) is 13.0 Å². The van der Waals surface area contributed by atoms with E-state index in [0.29, 0.717) is 17.9 Å². The average molecular weight is 343 g/mol. The Hall–Kier alpha value is -2.63. The fourth-order valence-electron chi connectivity index (χ4n) is 3.03. The summed E-state index contributed by atoms with van der Waals surface area (Å²) < 4.78 is 20.8. The fraction of sp³-hybridized carbons (Fsp3) is 0.368. The summed E-state index contributed by atoms with van der Waals surface area (Å²) in [6.07, 6.45) is 8.80. The summed E-state index contributed by atoms with van der Waals surface area (Å²) in [5.41, 5.74) is 0.476. The van der Waals surface area contributed by atoms with Gasteiger partial charge < -0.3 is 14.6 Å². The summed E-state index contributed by atoms with van der Waals surface area (Å²) in [6.45, 7) is 4.28. The summed E-state index contributed by atoms with van der Waals surface area (Å²) >= 11 is 0. The van der Waals surface area contributed by atoms with E-state index in [1.807, 2.05) is 0 Å². The van der Waals surface area contributed by atoms with Gasteiger partial charge >= 0.3 is 0 Å². The lowest BCUT2D eigenvalue weighted by Crippen LogP contribution is -2.48. The number of halogens is 1. The molecule has 1 fully saturated rings. The highest BCUT2D eigenvalue weighted by Crippen LogP contribution is 2.24. The summed E-state index contributed by atoms with van der Waals surface area (Å²) in [4.78, 5) is 16.4. The highest BCUT2D eigenvalue weighted by atomic mass is 19.1. The van der Waals surface area contributed by atoms with Crippen LogP contribution in [0, 0.1) is 5.82 Å². The largest absolute Gasteiger partial charge is 0.488 e. The van der Waals surface area contributed by atoms with Crippen molar-refractivity contribution in [2.45, 2.75) is 44.4 Å². The Morgan fingerprint density at radius 2 is 2.08 bits per heavy atom. The molecule has 3 rings (SSSR count). The molecule has 1 saturated carbocycles. The van der Waals surface area contributed by atoms with Crippen LogP contribution in [0.25, 0.3) is 0 Å². The second kappa shape index (κ2) is 7.96. The number of imidazole rings is 1. The van der Waals surface area contributed by atoms with E-state index in [1.165, 1.54) is 12.1 Å². The van der Waals surface area contributed by atoms with E-state index in [2.05, 4.69) is 16.9 Å². The first kappa shape index (κ1) is 17.2. The minimum Gasteiger partial charge on any atom is -0.488 e.